The van der Waals surface area contributed by atoms with E-state index in [9.17, 15) is 27.9 Å². The van der Waals surface area contributed by atoms with E-state index < -0.39 is 23.8 Å². The highest BCUT2D eigenvalue weighted by Crippen LogP contribution is 2.31. The molecule has 3 N–H and O–H groups in total. The average molecular weight is 600 g/mol. The highest BCUT2D eigenvalue weighted by molar-refractivity contribution is 6.00. The number of halogens is 3. The lowest BCUT2D eigenvalue weighted by Gasteiger charge is -2.34. The van der Waals surface area contributed by atoms with Gasteiger partial charge in [0, 0.05) is 54.9 Å². The fraction of sp³-hybridized carbons (Fsp3) is 0.387. The van der Waals surface area contributed by atoms with E-state index in [1.165, 1.54) is 12.1 Å². The fourth-order valence-electron chi connectivity index (χ4n) is 4.93. The van der Waals surface area contributed by atoms with Gasteiger partial charge in [-0.3, -0.25) is 14.7 Å². The summed E-state index contributed by atoms with van der Waals surface area (Å²) in [6.07, 6.45) is -1.30. The van der Waals surface area contributed by atoms with Crippen molar-refractivity contribution in [1.82, 2.24) is 14.8 Å². The first-order chi connectivity index (χ1) is 20.4. The summed E-state index contributed by atoms with van der Waals surface area (Å²) >= 11 is 0. The zero-order valence-electron chi connectivity index (χ0n) is 24.3. The van der Waals surface area contributed by atoms with Crippen LogP contribution in [0.25, 0.3) is 0 Å². The van der Waals surface area contributed by atoms with Gasteiger partial charge >= 0.3 is 12.2 Å². The third kappa shape index (κ3) is 8.68. The zero-order chi connectivity index (χ0) is 31.1. The van der Waals surface area contributed by atoms with Crippen molar-refractivity contribution in [2.24, 2.45) is 5.92 Å². The lowest BCUT2D eigenvalue weighted by Crippen LogP contribution is -2.47. The molecule has 1 aliphatic rings. The molecule has 12 heteroatoms. The Balaban J connectivity index is 1.53. The van der Waals surface area contributed by atoms with Crippen LogP contribution in [0.2, 0.25) is 0 Å². The third-order valence-corrected chi connectivity index (χ3v) is 7.34. The van der Waals surface area contributed by atoms with Crippen LogP contribution in [0.1, 0.15) is 30.5 Å². The summed E-state index contributed by atoms with van der Waals surface area (Å²) in [7, 11) is 1.99. The maximum Gasteiger partial charge on any atom is 0.416 e. The topological polar surface area (TPSA) is 107 Å². The van der Waals surface area contributed by atoms with Crippen molar-refractivity contribution in [3.8, 4) is 5.75 Å². The van der Waals surface area contributed by atoms with Gasteiger partial charge in [-0.15, -0.1) is 0 Å². The van der Waals surface area contributed by atoms with E-state index in [0.717, 1.165) is 17.7 Å². The molecule has 43 heavy (non-hydrogen) atoms. The van der Waals surface area contributed by atoms with Gasteiger partial charge in [-0.05, 0) is 74.1 Å². The summed E-state index contributed by atoms with van der Waals surface area (Å²) < 4.78 is 45.1. The van der Waals surface area contributed by atoms with Gasteiger partial charge in [0.1, 0.15) is 11.9 Å². The van der Waals surface area contributed by atoms with Gasteiger partial charge in [-0.25, -0.2) is 4.79 Å². The normalized spacial score (nSPS) is 18.1. The van der Waals surface area contributed by atoms with Crippen LogP contribution in [-0.2, 0) is 23.9 Å². The second-order valence-corrected chi connectivity index (χ2v) is 10.9. The molecular weight excluding hydrogens is 563 g/mol. The maximum atomic E-state index is 13.4. The minimum Gasteiger partial charge on any atom is -0.488 e. The zero-order valence-corrected chi connectivity index (χ0v) is 24.3. The number of carbonyl (C=O) groups is 2. The molecule has 3 amide bonds. The molecule has 2 heterocycles. The van der Waals surface area contributed by atoms with Gasteiger partial charge in [0.15, 0.2) is 0 Å². The summed E-state index contributed by atoms with van der Waals surface area (Å²) in [5, 5.41) is 15.0. The number of pyridine rings is 1. The number of nitrogens with one attached hydrogen (secondary N) is 2. The Hall–Kier alpha value is -4.16. The molecule has 0 radical (unpaired) electrons. The Morgan fingerprint density at radius 1 is 1.12 bits per heavy atom. The first kappa shape index (κ1) is 31.8. The SMILES string of the molecule is CC1CN([C@@H](C)CO)C(=O)Cc2cc(NC(=O)Nc3ccc(C(F)(F)F)cc3)ccc2O[C@H]1CN(C)Cc1ccncc1. The number of fused-ring (bicyclic) bond motifs is 1. The fourth-order valence-corrected chi connectivity index (χ4v) is 4.93. The van der Waals surface area contributed by atoms with Gasteiger partial charge in [0.25, 0.3) is 0 Å². The molecular formula is C31H36F3N5O4. The van der Waals surface area contributed by atoms with Crippen molar-refractivity contribution in [3.05, 3.63) is 83.7 Å². The molecule has 1 unspecified atom stereocenters. The van der Waals surface area contributed by atoms with Crippen molar-refractivity contribution in [2.45, 2.75) is 45.1 Å². The van der Waals surface area contributed by atoms with Crippen molar-refractivity contribution >= 4 is 23.3 Å². The summed E-state index contributed by atoms with van der Waals surface area (Å²) in [6.45, 7) is 5.25. The van der Waals surface area contributed by atoms with E-state index in [1.54, 1.807) is 42.4 Å². The van der Waals surface area contributed by atoms with Crippen LogP contribution < -0.4 is 15.4 Å². The average Bonchev–Trinajstić information content (AvgIpc) is 3.00. The van der Waals surface area contributed by atoms with E-state index in [2.05, 4.69) is 20.5 Å². The molecule has 0 saturated carbocycles. The minimum absolute atomic E-state index is 0.0119. The number of hydrogen-bond acceptors (Lipinski definition) is 6. The van der Waals surface area contributed by atoms with E-state index >= 15 is 0 Å². The van der Waals surface area contributed by atoms with Crippen molar-refractivity contribution in [1.29, 1.82) is 0 Å². The highest BCUT2D eigenvalue weighted by atomic mass is 19.4. The summed E-state index contributed by atoms with van der Waals surface area (Å²) in [5.41, 5.74) is 1.41. The molecule has 230 valence electrons. The van der Waals surface area contributed by atoms with E-state index in [-0.39, 0.29) is 36.6 Å². The summed E-state index contributed by atoms with van der Waals surface area (Å²) in [5.74, 6) is 0.251. The molecule has 9 nitrogen and oxygen atoms in total. The molecule has 0 aliphatic carbocycles. The van der Waals surface area contributed by atoms with Crippen LogP contribution in [0.4, 0.5) is 29.3 Å². The van der Waals surface area contributed by atoms with E-state index in [4.69, 9.17) is 4.74 Å². The quantitative estimate of drug-likeness (QED) is 0.336. The van der Waals surface area contributed by atoms with Crippen molar-refractivity contribution in [3.63, 3.8) is 0 Å². The number of ether oxygens (including phenoxy) is 1. The van der Waals surface area contributed by atoms with Crippen molar-refractivity contribution < 1.29 is 32.6 Å². The Labute approximate surface area is 248 Å². The predicted molar refractivity (Wildman–Crippen MR) is 157 cm³/mol. The van der Waals surface area contributed by atoms with E-state index in [0.29, 0.717) is 36.6 Å². The number of aliphatic hydroxyl groups is 1. The Morgan fingerprint density at radius 3 is 2.42 bits per heavy atom. The number of urea groups is 1. The number of aliphatic hydroxyl groups excluding tert-OH is 1. The van der Waals surface area contributed by atoms with Crippen LogP contribution in [-0.4, -0.2) is 70.7 Å². The van der Waals surface area contributed by atoms with Gasteiger partial charge in [-0.1, -0.05) is 6.92 Å². The number of alkyl halides is 3. The second kappa shape index (κ2) is 13.9. The smallest absolute Gasteiger partial charge is 0.416 e. The number of likely N-dealkylation sites (N-methyl/N-ethyl adjacent to an activating group) is 1. The molecule has 3 atom stereocenters. The molecule has 0 fully saturated rings. The molecule has 0 bridgehead atoms. The predicted octanol–water partition coefficient (Wildman–Crippen LogP) is 5.03. The number of aromatic nitrogens is 1. The number of carbonyl (C=O) groups excluding carboxylic acids is 2. The molecule has 1 aliphatic heterocycles. The van der Waals surface area contributed by atoms with Crippen LogP contribution in [0.15, 0.2) is 67.0 Å². The number of benzene rings is 2. The number of anilines is 2. The number of amides is 3. The summed E-state index contributed by atoms with van der Waals surface area (Å²) in [6, 6.07) is 11.9. The Morgan fingerprint density at radius 2 is 1.77 bits per heavy atom. The van der Waals surface area contributed by atoms with E-state index in [1.807, 2.05) is 26.1 Å². The first-order valence-electron chi connectivity index (χ1n) is 14.0. The molecule has 1 aromatic heterocycles. The van der Waals surface area contributed by atoms with Gasteiger partial charge < -0.3 is 25.4 Å². The monoisotopic (exact) mass is 599 g/mol. The molecule has 2 aromatic carbocycles. The second-order valence-electron chi connectivity index (χ2n) is 10.9. The first-order valence-corrected chi connectivity index (χ1v) is 14.0. The van der Waals surface area contributed by atoms with Gasteiger partial charge in [0.2, 0.25) is 5.91 Å². The summed E-state index contributed by atoms with van der Waals surface area (Å²) in [4.78, 5) is 33.9. The van der Waals surface area contributed by atoms with Gasteiger partial charge in [0.05, 0.1) is 24.6 Å². The number of rotatable bonds is 8. The highest BCUT2D eigenvalue weighted by Gasteiger charge is 2.32. The molecule has 3 aromatic rings. The largest absolute Gasteiger partial charge is 0.488 e. The standard InChI is InChI=1S/C31H36F3N5O4/c1-20-16-39(21(2)19-40)29(41)15-23-14-26(37-30(42)36-25-6-4-24(5-7-25)31(32,33)34)8-9-27(23)43-28(20)18-38(3)17-22-10-12-35-13-11-22/h4-14,20-21,28,40H,15-19H2,1-3H3,(H2,36,37,42)/t20?,21-,28-/m0/s1. The lowest BCUT2D eigenvalue weighted by atomic mass is 10.0. The number of hydrogen-bond donors (Lipinski definition) is 3. The van der Waals surface area contributed by atoms with Crippen LogP contribution >= 0.6 is 0 Å². The molecule has 0 spiro atoms. The maximum absolute atomic E-state index is 13.4. The third-order valence-electron chi connectivity index (χ3n) is 7.34. The van der Waals surface area contributed by atoms with Gasteiger partial charge in [-0.2, -0.15) is 13.2 Å². The Kier molecular flexibility index (Phi) is 10.3. The van der Waals surface area contributed by atoms with Crippen molar-refractivity contribution in [2.75, 3.05) is 37.4 Å². The van der Waals surface area contributed by atoms with Crippen LogP contribution in [0.5, 0.6) is 5.75 Å². The molecule has 0 saturated heterocycles. The number of nitrogens with zero attached hydrogens (tertiary/aromatic N) is 3. The van der Waals surface area contributed by atoms with Crippen LogP contribution in [0.3, 0.4) is 0 Å². The Bertz CT molecular complexity index is 1390. The molecule has 4 rings (SSSR count). The minimum atomic E-state index is -4.48. The lowest BCUT2D eigenvalue weighted by molar-refractivity contribution is -0.137. The van der Waals surface area contributed by atoms with Crippen LogP contribution in [0, 0.1) is 5.92 Å².